The second-order valence-electron chi connectivity index (χ2n) is 5.23. The molecule has 25 heavy (non-hydrogen) atoms. The first-order chi connectivity index (χ1) is 12.1. The van der Waals surface area contributed by atoms with Gasteiger partial charge in [0.15, 0.2) is 5.13 Å². The lowest BCUT2D eigenvalue weighted by atomic mass is 10.3. The van der Waals surface area contributed by atoms with Crippen LogP contribution in [0.2, 0.25) is 5.02 Å². The number of hydrogen-bond donors (Lipinski definition) is 1. The van der Waals surface area contributed by atoms with Gasteiger partial charge >= 0.3 is 0 Å². The van der Waals surface area contributed by atoms with Crippen molar-refractivity contribution >= 4 is 55.5 Å². The number of aromatic nitrogens is 3. The molecule has 0 bridgehead atoms. The van der Waals surface area contributed by atoms with Crippen molar-refractivity contribution < 1.29 is 4.79 Å². The van der Waals surface area contributed by atoms with Crippen molar-refractivity contribution in [2.24, 2.45) is 0 Å². The van der Waals surface area contributed by atoms with Gasteiger partial charge in [0.25, 0.3) is 5.91 Å². The van der Waals surface area contributed by atoms with Crippen LogP contribution in [0.3, 0.4) is 0 Å². The van der Waals surface area contributed by atoms with Crippen LogP contribution in [0.4, 0.5) is 5.13 Å². The molecule has 4 aromatic rings. The summed E-state index contributed by atoms with van der Waals surface area (Å²) in [5.41, 5.74) is 2.23. The van der Waals surface area contributed by atoms with Crippen molar-refractivity contribution in [1.29, 1.82) is 0 Å². The second kappa shape index (κ2) is 6.51. The smallest absolute Gasteiger partial charge is 0.269 e. The number of fused-ring (bicyclic) bond motifs is 1. The van der Waals surface area contributed by atoms with Crippen LogP contribution in [-0.2, 0) is 0 Å². The Bertz CT molecular complexity index is 1070. The number of carbonyl (C=O) groups excluding carboxylic acids is 1. The lowest BCUT2D eigenvalue weighted by molar-refractivity contribution is 0.103. The topological polar surface area (TPSA) is 67.8 Å². The number of halogens is 1. The van der Waals surface area contributed by atoms with Crippen molar-refractivity contribution in [3.8, 4) is 10.7 Å². The normalized spacial score (nSPS) is 11.0. The summed E-state index contributed by atoms with van der Waals surface area (Å²) in [6, 6.07) is 11.1. The summed E-state index contributed by atoms with van der Waals surface area (Å²) in [4.78, 5) is 26.3. The predicted octanol–water partition coefficient (Wildman–Crippen LogP) is 5.03. The van der Waals surface area contributed by atoms with Gasteiger partial charge in [-0.15, -0.1) is 11.3 Å². The SMILES string of the molecule is Cc1nc(-c2ccccn2)sc1C(=O)Nc1nc2ccc(Cl)cc2s1. The van der Waals surface area contributed by atoms with Crippen LogP contribution >= 0.6 is 34.3 Å². The summed E-state index contributed by atoms with van der Waals surface area (Å²) in [6.45, 7) is 1.82. The Hall–Kier alpha value is -2.35. The number of carbonyl (C=O) groups is 1. The zero-order chi connectivity index (χ0) is 17.4. The maximum Gasteiger partial charge on any atom is 0.269 e. The fourth-order valence-corrected chi connectivity index (χ4v) is 4.39. The standard InChI is InChI=1S/C17H11ClN4OS2/c1-9-14(25-16(20-9)12-4-2-3-7-19-12)15(23)22-17-21-11-6-5-10(18)8-13(11)24-17/h2-8H,1H3,(H,21,22,23). The Morgan fingerprint density at radius 1 is 1.16 bits per heavy atom. The van der Waals surface area contributed by atoms with Crippen molar-refractivity contribution in [2.75, 3.05) is 5.32 Å². The third kappa shape index (κ3) is 3.26. The van der Waals surface area contributed by atoms with Gasteiger partial charge in [-0.05, 0) is 37.3 Å². The van der Waals surface area contributed by atoms with Crippen LogP contribution in [0.5, 0.6) is 0 Å². The van der Waals surface area contributed by atoms with E-state index in [1.54, 1.807) is 12.3 Å². The second-order valence-corrected chi connectivity index (χ2v) is 7.70. The number of nitrogens with zero attached hydrogens (tertiary/aromatic N) is 3. The van der Waals surface area contributed by atoms with Crippen LogP contribution in [0.15, 0.2) is 42.6 Å². The van der Waals surface area contributed by atoms with Crippen molar-refractivity contribution in [1.82, 2.24) is 15.0 Å². The van der Waals surface area contributed by atoms with Crippen LogP contribution < -0.4 is 5.32 Å². The molecule has 0 unspecified atom stereocenters. The number of rotatable bonds is 3. The van der Waals surface area contributed by atoms with Gasteiger partial charge in [-0.1, -0.05) is 29.0 Å². The number of anilines is 1. The average Bonchev–Trinajstić information content (AvgIpc) is 3.18. The van der Waals surface area contributed by atoms with Gasteiger partial charge in [0.2, 0.25) is 0 Å². The Balaban J connectivity index is 1.61. The molecule has 0 radical (unpaired) electrons. The monoisotopic (exact) mass is 386 g/mol. The van der Waals surface area contributed by atoms with Crippen LogP contribution in [-0.4, -0.2) is 20.9 Å². The molecule has 0 aliphatic heterocycles. The van der Waals surface area contributed by atoms with E-state index in [1.807, 2.05) is 37.3 Å². The van der Waals surface area contributed by atoms with Gasteiger partial charge in [-0.2, -0.15) is 0 Å². The van der Waals surface area contributed by atoms with Crippen LogP contribution in [0, 0.1) is 6.92 Å². The van der Waals surface area contributed by atoms with Gasteiger partial charge in [0.05, 0.1) is 21.6 Å². The fourth-order valence-electron chi connectivity index (χ4n) is 2.31. The first kappa shape index (κ1) is 16.1. The number of nitrogens with one attached hydrogen (secondary N) is 1. The molecule has 1 aromatic carbocycles. The molecule has 3 heterocycles. The molecule has 124 valence electrons. The molecule has 0 aliphatic rings. The summed E-state index contributed by atoms with van der Waals surface area (Å²) in [6.07, 6.45) is 1.71. The lowest BCUT2D eigenvalue weighted by Gasteiger charge is -1.98. The molecule has 0 spiro atoms. The van der Waals surface area contributed by atoms with E-state index in [-0.39, 0.29) is 5.91 Å². The minimum absolute atomic E-state index is 0.220. The van der Waals surface area contributed by atoms with E-state index in [1.165, 1.54) is 22.7 Å². The van der Waals surface area contributed by atoms with Crippen LogP contribution in [0.25, 0.3) is 20.9 Å². The number of aryl methyl sites for hydroxylation is 1. The summed E-state index contributed by atoms with van der Waals surface area (Å²) in [7, 11) is 0. The van der Waals surface area contributed by atoms with Gasteiger partial charge in [0.1, 0.15) is 9.88 Å². The highest BCUT2D eigenvalue weighted by molar-refractivity contribution is 7.22. The number of pyridine rings is 1. The molecule has 1 N–H and O–H groups in total. The quantitative estimate of drug-likeness (QED) is 0.536. The Labute approximate surface area is 156 Å². The Morgan fingerprint density at radius 2 is 2.04 bits per heavy atom. The fraction of sp³-hybridized carbons (Fsp3) is 0.0588. The summed E-state index contributed by atoms with van der Waals surface area (Å²) in [5, 5.41) is 4.75. The largest absolute Gasteiger partial charge is 0.297 e. The first-order valence-electron chi connectivity index (χ1n) is 7.36. The highest BCUT2D eigenvalue weighted by Crippen LogP contribution is 2.30. The van der Waals surface area contributed by atoms with Gasteiger partial charge in [0, 0.05) is 11.2 Å². The Morgan fingerprint density at radius 3 is 2.84 bits per heavy atom. The molecule has 0 saturated carbocycles. The van der Waals surface area contributed by atoms with E-state index in [4.69, 9.17) is 11.6 Å². The molecule has 8 heteroatoms. The van der Waals surface area contributed by atoms with E-state index in [9.17, 15) is 4.79 Å². The van der Waals surface area contributed by atoms with Gasteiger partial charge in [-0.25, -0.2) is 9.97 Å². The number of amides is 1. The molecule has 1 amide bonds. The van der Waals surface area contributed by atoms with Crippen LogP contribution in [0.1, 0.15) is 15.4 Å². The van der Waals surface area contributed by atoms with E-state index in [0.29, 0.717) is 20.7 Å². The molecular formula is C17H11ClN4OS2. The molecule has 0 aliphatic carbocycles. The lowest BCUT2D eigenvalue weighted by Crippen LogP contribution is -2.11. The minimum Gasteiger partial charge on any atom is -0.297 e. The summed E-state index contributed by atoms with van der Waals surface area (Å²) < 4.78 is 0.929. The number of hydrogen-bond acceptors (Lipinski definition) is 6. The molecule has 0 fully saturated rings. The van der Waals surface area contributed by atoms with E-state index in [0.717, 1.165) is 20.9 Å². The van der Waals surface area contributed by atoms with E-state index in [2.05, 4.69) is 20.3 Å². The highest BCUT2D eigenvalue weighted by atomic mass is 35.5. The van der Waals surface area contributed by atoms with Crippen molar-refractivity contribution in [3.05, 3.63) is 58.2 Å². The summed E-state index contributed by atoms with van der Waals surface area (Å²) >= 11 is 8.70. The van der Waals surface area contributed by atoms with Crippen molar-refractivity contribution in [3.63, 3.8) is 0 Å². The maximum atomic E-state index is 12.6. The summed E-state index contributed by atoms with van der Waals surface area (Å²) in [5.74, 6) is -0.220. The maximum absolute atomic E-state index is 12.6. The number of benzene rings is 1. The van der Waals surface area contributed by atoms with Crippen molar-refractivity contribution in [2.45, 2.75) is 6.92 Å². The molecule has 0 atom stereocenters. The third-order valence-corrected chi connectivity index (χ3v) is 5.81. The molecule has 5 nitrogen and oxygen atoms in total. The minimum atomic E-state index is -0.220. The first-order valence-corrected chi connectivity index (χ1v) is 9.37. The third-order valence-electron chi connectivity index (χ3n) is 3.46. The Kier molecular flexibility index (Phi) is 4.20. The van der Waals surface area contributed by atoms with Gasteiger partial charge < -0.3 is 0 Å². The zero-order valence-electron chi connectivity index (χ0n) is 13.0. The molecule has 0 saturated heterocycles. The zero-order valence-corrected chi connectivity index (χ0v) is 15.4. The molecule has 4 rings (SSSR count). The molecular weight excluding hydrogens is 376 g/mol. The predicted molar refractivity (Wildman–Crippen MR) is 103 cm³/mol. The van der Waals surface area contributed by atoms with Gasteiger partial charge in [-0.3, -0.25) is 15.1 Å². The average molecular weight is 387 g/mol. The number of thiazole rings is 2. The molecule has 3 aromatic heterocycles. The van der Waals surface area contributed by atoms with E-state index >= 15 is 0 Å². The highest BCUT2D eigenvalue weighted by Gasteiger charge is 2.18. The van der Waals surface area contributed by atoms with E-state index < -0.39 is 0 Å².